The van der Waals surface area contributed by atoms with E-state index in [0.717, 1.165) is 5.69 Å². The second-order valence-electron chi connectivity index (χ2n) is 4.78. The molecule has 1 aliphatic rings. The van der Waals surface area contributed by atoms with Crippen LogP contribution in [0.1, 0.15) is 49.9 Å². The minimum atomic E-state index is 0.647. The number of aromatic nitrogens is 1. The van der Waals surface area contributed by atoms with E-state index in [-0.39, 0.29) is 0 Å². The van der Waals surface area contributed by atoms with E-state index in [4.69, 9.17) is 0 Å². The van der Waals surface area contributed by atoms with Gasteiger partial charge in [-0.2, -0.15) is 0 Å². The first kappa shape index (κ1) is 11.6. The van der Waals surface area contributed by atoms with Crippen LogP contribution in [0.5, 0.6) is 0 Å². The van der Waals surface area contributed by atoms with Crippen LogP contribution < -0.4 is 0 Å². The van der Waals surface area contributed by atoms with E-state index in [9.17, 15) is 0 Å². The third-order valence-electron chi connectivity index (χ3n) is 3.47. The van der Waals surface area contributed by atoms with Gasteiger partial charge in [0.1, 0.15) is 0 Å². The van der Waals surface area contributed by atoms with Crippen LogP contribution in [-0.4, -0.2) is 23.0 Å². The normalized spacial score (nSPS) is 21.5. The first-order valence-corrected chi connectivity index (χ1v) is 6.48. The molecule has 1 aromatic rings. The molecule has 2 nitrogen and oxygen atoms in total. The zero-order chi connectivity index (χ0) is 11.4. The van der Waals surface area contributed by atoms with Crippen molar-refractivity contribution in [3.05, 3.63) is 29.6 Å². The molecule has 0 aliphatic carbocycles. The molecule has 0 aromatic carbocycles. The molecule has 16 heavy (non-hydrogen) atoms. The molecule has 0 saturated carbocycles. The Kier molecular flexibility index (Phi) is 3.94. The van der Waals surface area contributed by atoms with Gasteiger partial charge in [0.2, 0.25) is 0 Å². The van der Waals surface area contributed by atoms with Gasteiger partial charge in [0.05, 0.1) is 0 Å². The SMILES string of the molecule is CCCCN1CCCC1c1ccnc(C)c1. The van der Waals surface area contributed by atoms with E-state index < -0.39 is 0 Å². The molecule has 2 heterocycles. The van der Waals surface area contributed by atoms with E-state index in [1.54, 1.807) is 0 Å². The summed E-state index contributed by atoms with van der Waals surface area (Å²) in [4.78, 5) is 6.92. The Labute approximate surface area is 98.7 Å². The average molecular weight is 218 g/mol. The van der Waals surface area contributed by atoms with Crippen molar-refractivity contribution < 1.29 is 0 Å². The lowest BCUT2D eigenvalue weighted by molar-refractivity contribution is 0.253. The molecule has 0 N–H and O–H groups in total. The Bertz CT molecular complexity index is 335. The highest BCUT2D eigenvalue weighted by Gasteiger charge is 2.25. The van der Waals surface area contributed by atoms with Crippen molar-refractivity contribution in [2.75, 3.05) is 13.1 Å². The number of pyridine rings is 1. The van der Waals surface area contributed by atoms with Crippen LogP contribution in [0.2, 0.25) is 0 Å². The minimum absolute atomic E-state index is 0.647. The highest BCUT2D eigenvalue weighted by Crippen LogP contribution is 2.31. The van der Waals surface area contributed by atoms with Gasteiger partial charge in [-0.3, -0.25) is 9.88 Å². The van der Waals surface area contributed by atoms with Crippen molar-refractivity contribution in [2.24, 2.45) is 0 Å². The standard InChI is InChI=1S/C14H22N2/c1-3-4-9-16-10-5-6-14(16)13-7-8-15-12(2)11-13/h7-8,11,14H,3-6,9-10H2,1-2H3. The summed E-state index contributed by atoms with van der Waals surface area (Å²) >= 11 is 0. The fourth-order valence-electron chi connectivity index (χ4n) is 2.61. The number of hydrogen-bond acceptors (Lipinski definition) is 2. The Balaban J connectivity index is 2.07. The van der Waals surface area contributed by atoms with E-state index in [1.807, 2.05) is 6.20 Å². The highest BCUT2D eigenvalue weighted by atomic mass is 15.2. The van der Waals surface area contributed by atoms with E-state index in [1.165, 1.54) is 44.3 Å². The molecule has 2 rings (SSSR count). The Morgan fingerprint density at radius 2 is 2.38 bits per heavy atom. The predicted molar refractivity (Wildman–Crippen MR) is 67.4 cm³/mol. The summed E-state index contributed by atoms with van der Waals surface area (Å²) in [7, 11) is 0. The lowest BCUT2D eigenvalue weighted by Crippen LogP contribution is -2.24. The largest absolute Gasteiger partial charge is 0.296 e. The van der Waals surface area contributed by atoms with E-state index in [0.29, 0.717) is 6.04 Å². The summed E-state index contributed by atoms with van der Waals surface area (Å²) in [6.07, 6.45) is 7.21. The van der Waals surface area contributed by atoms with E-state index >= 15 is 0 Å². The van der Waals surface area contributed by atoms with Crippen molar-refractivity contribution >= 4 is 0 Å². The van der Waals surface area contributed by atoms with Gasteiger partial charge in [-0.15, -0.1) is 0 Å². The maximum absolute atomic E-state index is 4.28. The van der Waals surface area contributed by atoms with Crippen LogP contribution in [0.3, 0.4) is 0 Å². The van der Waals surface area contributed by atoms with Crippen LogP contribution in [0.15, 0.2) is 18.3 Å². The van der Waals surface area contributed by atoms with Crippen molar-refractivity contribution in [1.82, 2.24) is 9.88 Å². The molecule has 1 aliphatic heterocycles. The zero-order valence-corrected chi connectivity index (χ0v) is 10.4. The van der Waals surface area contributed by atoms with Crippen molar-refractivity contribution in [3.8, 4) is 0 Å². The van der Waals surface area contributed by atoms with Crippen molar-refractivity contribution in [2.45, 2.75) is 45.6 Å². The molecular formula is C14H22N2. The van der Waals surface area contributed by atoms with Crippen molar-refractivity contribution in [3.63, 3.8) is 0 Å². The van der Waals surface area contributed by atoms with E-state index in [2.05, 4.69) is 35.9 Å². The topological polar surface area (TPSA) is 16.1 Å². The fourth-order valence-corrected chi connectivity index (χ4v) is 2.61. The summed E-state index contributed by atoms with van der Waals surface area (Å²) in [5, 5.41) is 0. The summed E-state index contributed by atoms with van der Waals surface area (Å²) in [5.74, 6) is 0. The van der Waals surface area contributed by atoms with Crippen LogP contribution in [0.25, 0.3) is 0 Å². The Hall–Kier alpha value is -0.890. The summed E-state index contributed by atoms with van der Waals surface area (Å²) < 4.78 is 0. The lowest BCUT2D eigenvalue weighted by Gasteiger charge is -2.24. The summed E-state index contributed by atoms with van der Waals surface area (Å²) in [6.45, 7) is 6.87. The van der Waals surface area contributed by atoms with Crippen LogP contribution in [0, 0.1) is 6.92 Å². The van der Waals surface area contributed by atoms with Crippen molar-refractivity contribution in [1.29, 1.82) is 0 Å². The molecule has 1 atom stereocenters. The third kappa shape index (κ3) is 2.62. The lowest BCUT2D eigenvalue weighted by atomic mass is 10.0. The minimum Gasteiger partial charge on any atom is -0.296 e. The molecule has 1 fully saturated rings. The maximum Gasteiger partial charge on any atom is 0.0375 e. The summed E-state index contributed by atoms with van der Waals surface area (Å²) in [6, 6.07) is 5.07. The predicted octanol–water partition coefficient (Wildman–Crippen LogP) is 3.33. The molecule has 0 spiro atoms. The Morgan fingerprint density at radius 3 is 3.12 bits per heavy atom. The van der Waals surface area contributed by atoms with Crippen LogP contribution in [-0.2, 0) is 0 Å². The molecule has 1 aromatic heterocycles. The number of likely N-dealkylation sites (tertiary alicyclic amines) is 1. The molecule has 1 unspecified atom stereocenters. The zero-order valence-electron chi connectivity index (χ0n) is 10.4. The van der Waals surface area contributed by atoms with Gasteiger partial charge in [0.25, 0.3) is 0 Å². The fraction of sp³-hybridized carbons (Fsp3) is 0.643. The molecular weight excluding hydrogens is 196 g/mol. The van der Waals surface area contributed by atoms with Gasteiger partial charge in [0, 0.05) is 17.9 Å². The average Bonchev–Trinajstić information content (AvgIpc) is 2.74. The molecule has 0 bridgehead atoms. The third-order valence-corrected chi connectivity index (χ3v) is 3.47. The molecule has 0 radical (unpaired) electrons. The van der Waals surface area contributed by atoms with Gasteiger partial charge < -0.3 is 0 Å². The molecule has 2 heteroatoms. The molecule has 88 valence electrons. The molecule has 0 amide bonds. The van der Waals surface area contributed by atoms with Gasteiger partial charge in [0.15, 0.2) is 0 Å². The Morgan fingerprint density at radius 1 is 1.50 bits per heavy atom. The first-order chi connectivity index (χ1) is 7.81. The number of unbranched alkanes of at least 4 members (excludes halogenated alkanes) is 1. The van der Waals surface area contributed by atoms with Crippen LogP contribution in [0.4, 0.5) is 0 Å². The number of aryl methyl sites for hydroxylation is 1. The number of rotatable bonds is 4. The number of nitrogens with zero attached hydrogens (tertiary/aromatic N) is 2. The summed E-state index contributed by atoms with van der Waals surface area (Å²) in [5.41, 5.74) is 2.60. The van der Waals surface area contributed by atoms with Crippen LogP contribution >= 0.6 is 0 Å². The smallest absolute Gasteiger partial charge is 0.0375 e. The highest BCUT2D eigenvalue weighted by molar-refractivity contribution is 5.20. The maximum atomic E-state index is 4.28. The monoisotopic (exact) mass is 218 g/mol. The second-order valence-corrected chi connectivity index (χ2v) is 4.78. The van der Waals surface area contributed by atoms with Gasteiger partial charge in [-0.25, -0.2) is 0 Å². The van der Waals surface area contributed by atoms with Gasteiger partial charge in [-0.1, -0.05) is 13.3 Å². The second kappa shape index (κ2) is 5.44. The van der Waals surface area contributed by atoms with Gasteiger partial charge in [-0.05, 0) is 57.0 Å². The molecule has 1 saturated heterocycles. The quantitative estimate of drug-likeness (QED) is 0.770. The number of hydrogen-bond donors (Lipinski definition) is 0. The van der Waals surface area contributed by atoms with Gasteiger partial charge >= 0.3 is 0 Å². The first-order valence-electron chi connectivity index (χ1n) is 6.48.